The van der Waals surface area contributed by atoms with E-state index in [4.69, 9.17) is 0 Å². The summed E-state index contributed by atoms with van der Waals surface area (Å²) in [7, 11) is -3.92. The van der Waals surface area contributed by atoms with E-state index in [9.17, 15) is 13.2 Å². The standard InChI is InChI=1S/C29H35N3O3S/c1-3-24-12-16-27(17-13-24)32(36(34,35)28-10-6-4-7-11-28)22-29(33)30-23(2)25-14-18-26(19-15-25)31-20-8-5-9-21-31/h4,6-7,10-19,23H,3,5,8-9,20-22H2,1-2H3,(H,30,33). The lowest BCUT2D eigenvalue weighted by Crippen LogP contribution is -2.41. The second kappa shape index (κ2) is 11.6. The summed E-state index contributed by atoms with van der Waals surface area (Å²) < 4.78 is 28.2. The van der Waals surface area contributed by atoms with Crippen molar-refractivity contribution in [3.63, 3.8) is 0 Å². The van der Waals surface area contributed by atoms with Gasteiger partial charge in [-0.25, -0.2) is 8.42 Å². The molecule has 0 radical (unpaired) electrons. The number of sulfonamides is 1. The molecule has 3 aromatic rings. The highest BCUT2D eigenvalue weighted by Gasteiger charge is 2.27. The van der Waals surface area contributed by atoms with Crippen LogP contribution in [-0.2, 0) is 21.2 Å². The minimum Gasteiger partial charge on any atom is -0.372 e. The van der Waals surface area contributed by atoms with Gasteiger partial charge in [-0.05, 0) is 80.1 Å². The second-order valence-electron chi connectivity index (χ2n) is 9.27. The monoisotopic (exact) mass is 505 g/mol. The first kappa shape index (κ1) is 25.8. The summed E-state index contributed by atoms with van der Waals surface area (Å²) in [5.41, 5.74) is 3.74. The molecule has 36 heavy (non-hydrogen) atoms. The average Bonchev–Trinajstić information content (AvgIpc) is 2.93. The van der Waals surface area contributed by atoms with Gasteiger partial charge in [-0.3, -0.25) is 9.10 Å². The molecule has 1 saturated heterocycles. The maximum absolute atomic E-state index is 13.5. The van der Waals surface area contributed by atoms with Crippen LogP contribution in [-0.4, -0.2) is 34.0 Å². The zero-order chi connectivity index (χ0) is 25.5. The van der Waals surface area contributed by atoms with Gasteiger partial charge in [0.25, 0.3) is 10.0 Å². The molecule has 0 saturated carbocycles. The first-order valence-electron chi connectivity index (χ1n) is 12.7. The highest BCUT2D eigenvalue weighted by Crippen LogP contribution is 2.25. The lowest BCUT2D eigenvalue weighted by Gasteiger charge is -2.29. The van der Waals surface area contributed by atoms with Gasteiger partial charge in [-0.15, -0.1) is 0 Å². The van der Waals surface area contributed by atoms with Crippen LogP contribution in [0.4, 0.5) is 11.4 Å². The van der Waals surface area contributed by atoms with Gasteiger partial charge >= 0.3 is 0 Å². The van der Waals surface area contributed by atoms with Crippen molar-refractivity contribution in [2.75, 3.05) is 28.8 Å². The van der Waals surface area contributed by atoms with Crippen LogP contribution in [0.5, 0.6) is 0 Å². The molecule has 1 fully saturated rings. The van der Waals surface area contributed by atoms with Gasteiger partial charge in [-0.1, -0.05) is 49.4 Å². The molecule has 1 aliphatic heterocycles. The highest BCUT2D eigenvalue weighted by atomic mass is 32.2. The van der Waals surface area contributed by atoms with E-state index in [0.29, 0.717) is 5.69 Å². The largest absolute Gasteiger partial charge is 0.372 e. The Morgan fingerprint density at radius 2 is 1.56 bits per heavy atom. The van der Waals surface area contributed by atoms with E-state index >= 15 is 0 Å². The average molecular weight is 506 g/mol. The van der Waals surface area contributed by atoms with Crippen molar-refractivity contribution in [1.82, 2.24) is 5.32 Å². The van der Waals surface area contributed by atoms with Gasteiger partial charge in [0, 0.05) is 18.8 Å². The number of anilines is 2. The van der Waals surface area contributed by atoms with Crippen LogP contribution in [0.2, 0.25) is 0 Å². The Kier molecular flexibility index (Phi) is 8.31. The Labute approximate surface area is 215 Å². The van der Waals surface area contributed by atoms with Gasteiger partial charge < -0.3 is 10.2 Å². The van der Waals surface area contributed by atoms with Crippen LogP contribution in [0.25, 0.3) is 0 Å². The first-order chi connectivity index (χ1) is 17.4. The molecule has 3 aromatic carbocycles. The molecule has 1 heterocycles. The van der Waals surface area contributed by atoms with E-state index in [1.165, 1.54) is 29.3 Å². The third kappa shape index (κ3) is 6.08. The molecule has 6 nitrogen and oxygen atoms in total. The molecule has 1 atom stereocenters. The quantitative estimate of drug-likeness (QED) is 0.428. The van der Waals surface area contributed by atoms with Crippen molar-refractivity contribution < 1.29 is 13.2 Å². The minimum absolute atomic E-state index is 0.152. The van der Waals surface area contributed by atoms with Crippen molar-refractivity contribution in [2.24, 2.45) is 0 Å². The number of benzene rings is 3. The fourth-order valence-corrected chi connectivity index (χ4v) is 6.00. The lowest BCUT2D eigenvalue weighted by atomic mass is 10.1. The number of nitrogens with zero attached hydrogens (tertiary/aromatic N) is 2. The number of piperidine rings is 1. The van der Waals surface area contributed by atoms with Crippen LogP contribution in [0.3, 0.4) is 0 Å². The third-order valence-electron chi connectivity index (χ3n) is 6.74. The molecule has 7 heteroatoms. The predicted octanol–water partition coefficient (Wildman–Crippen LogP) is 5.31. The molecular weight excluding hydrogens is 470 g/mol. The topological polar surface area (TPSA) is 69.7 Å². The lowest BCUT2D eigenvalue weighted by molar-refractivity contribution is -0.120. The summed E-state index contributed by atoms with van der Waals surface area (Å²) in [6, 6.07) is 23.6. The van der Waals surface area contributed by atoms with E-state index < -0.39 is 10.0 Å². The zero-order valence-electron chi connectivity index (χ0n) is 21.1. The molecule has 1 unspecified atom stereocenters. The van der Waals surface area contributed by atoms with E-state index in [1.807, 2.05) is 38.1 Å². The number of carbonyl (C=O) groups excluding carboxylic acids is 1. The van der Waals surface area contributed by atoms with Gasteiger partial charge in [0.2, 0.25) is 5.91 Å². The van der Waals surface area contributed by atoms with E-state index in [-0.39, 0.29) is 23.4 Å². The summed E-state index contributed by atoms with van der Waals surface area (Å²) in [5.74, 6) is -0.360. The number of nitrogens with one attached hydrogen (secondary N) is 1. The molecule has 4 rings (SSSR count). The predicted molar refractivity (Wildman–Crippen MR) is 146 cm³/mol. The van der Waals surface area contributed by atoms with Crippen LogP contribution in [0.15, 0.2) is 83.8 Å². The summed E-state index contributed by atoms with van der Waals surface area (Å²) in [5, 5.41) is 2.98. The zero-order valence-corrected chi connectivity index (χ0v) is 21.9. The summed E-state index contributed by atoms with van der Waals surface area (Å²) >= 11 is 0. The number of rotatable bonds is 9. The number of hydrogen-bond donors (Lipinski definition) is 1. The summed E-state index contributed by atoms with van der Waals surface area (Å²) in [4.78, 5) is 15.6. The first-order valence-corrected chi connectivity index (χ1v) is 14.1. The maximum atomic E-state index is 13.5. The van der Waals surface area contributed by atoms with E-state index in [1.54, 1.807) is 42.5 Å². The van der Waals surface area contributed by atoms with Crippen molar-refractivity contribution >= 4 is 27.3 Å². The molecule has 0 aliphatic carbocycles. The molecule has 0 spiro atoms. The van der Waals surface area contributed by atoms with Gasteiger partial charge in [-0.2, -0.15) is 0 Å². The van der Waals surface area contributed by atoms with Crippen molar-refractivity contribution in [3.8, 4) is 0 Å². The Morgan fingerprint density at radius 1 is 0.917 bits per heavy atom. The maximum Gasteiger partial charge on any atom is 0.264 e. The van der Waals surface area contributed by atoms with E-state index in [2.05, 4.69) is 22.3 Å². The van der Waals surface area contributed by atoms with Crippen molar-refractivity contribution in [2.45, 2.75) is 50.5 Å². The van der Waals surface area contributed by atoms with Crippen molar-refractivity contribution in [1.29, 1.82) is 0 Å². The van der Waals surface area contributed by atoms with Gasteiger partial charge in [0.05, 0.1) is 16.6 Å². The van der Waals surface area contributed by atoms with Gasteiger partial charge in [0.15, 0.2) is 0 Å². The Bertz CT molecular complexity index is 1240. The number of amides is 1. The normalized spacial score (nSPS) is 14.8. The minimum atomic E-state index is -3.92. The Hall–Kier alpha value is -3.32. The molecule has 1 N–H and O–H groups in total. The Morgan fingerprint density at radius 3 is 2.17 bits per heavy atom. The fourth-order valence-electron chi connectivity index (χ4n) is 4.56. The Balaban J connectivity index is 1.50. The number of hydrogen-bond acceptors (Lipinski definition) is 4. The smallest absolute Gasteiger partial charge is 0.264 e. The van der Waals surface area contributed by atoms with E-state index in [0.717, 1.165) is 30.6 Å². The molecule has 1 aliphatic rings. The van der Waals surface area contributed by atoms with Gasteiger partial charge in [0.1, 0.15) is 6.54 Å². The highest BCUT2D eigenvalue weighted by molar-refractivity contribution is 7.92. The second-order valence-corrected chi connectivity index (χ2v) is 11.1. The van der Waals surface area contributed by atoms with Crippen LogP contribution >= 0.6 is 0 Å². The number of aryl methyl sites for hydroxylation is 1. The van der Waals surface area contributed by atoms with Crippen molar-refractivity contribution in [3.05, 3.63) is 90.0 Å². The van der Waals surface area contributed by atoms with Crippen LogP contribution in [0, 0.1) is 0 Å². The number of carbonyl (C=O) groups is 1. The molecule has 1 amide bonds. The molecule has 0 bridgehead atoms. The molecule has 190 valence electrons. The van der Waals surface area contributed by atoms with Crippen LogP contribution < -0.4 is 14.5 Å². The molecular formula is C29H35N3O3S. The van der Waals surface area contributed by atoms with Crippen LogP contribution in [0.1, 0.15) is 50.3 Å². The summed E-state index contributed by atoms with van der Waals surface area (Å²) in [6.07, 6.45) is 4.58. The summed E-state index contributed by atoms with van der Waals surface area (Å²) in [6.45, 7) is 5.81. The SMILES string of the molecule is CCc1ccc(N(CC(=O)NC(C)c2ccc(N3CCCCC3)cc2)S(=O)(=O)c2ccccc2)cc1. The fraction of sp³-hybridized carbons (Fsp3) is 0.345. The molecule has 0 aromatic heterocycles. The third-order valence-corrected chi connectivity index (χ3v) is 8.53.